The van der Waals surface area contributed by atoms with E-state index in [1.54, 1.807) is 35.6 Å². The zero-order chi connectivity index (χ0) is 58.5. The number of nitrogens with zero attached hydrogens (tertiary/aromatic N) is 10. The molecular formula is C61H65F2N15O3S3. The molecular weight excluding hydrogens is 1120 g/mol. The molecule has 3 aliphatic rings. The van der Waals surface area contributed by atoms with Crippen LogP contribution in [0.2, 0.25) is 0 Å². The second-order valence-electron chi connectivity index (χ2n) is 21.6. The Hall–Kier alpha value is -8.35. The molecule has 10 aromatic rings. The smallest absolute Gasteiger partial charge is 0.407 e. The van der Waals surface area contributed by atoms with Crippen LogP contribution in [0.4, 0.5) is 48.9 Å². The number of ether oxygens (including phenoxy) is 2. The van der Waals surface area contributed by atoms with Gasteiger partial charge in [0, 0.05) is 79.6 Å². The van der Waals surface area contributed by atoms with Gasteiger partial charge in [0.25, 0.3) is 0 Å². The number of rotatable bonds is 11. The second kappa shape index (κ2) is 25.2. The third-order valence-electron chi connectivity index (χ3n) is 14.3. The van der Waals surface area contributed by atoms with Crippen molar-refractivity contribution in [1.29, 1.82) is 0 Å². The van der Waals surface area contributed by atoms with Crippen LogP contribution in [0.25, 0.3) is 62.0 Å². The average Bonchev–Trinajstić information content (AvgIpc) is 3.90. The Morgan fingerprint density at radius 1 is 0.571 bits per heavy atom. The molecule has 3 saturated heterocycles. The summed E-state index contributed by atoms with van der Waals surface area (Å²) in [4.78, 5) is 53.6. The van der Waals surface area contributed by atoms with Crippen molar-refractivity contribution >= 4 is 106 Å². The van der Waals surface area contributed by atoms with E-state index >= 15 is 0 Å². The summed E-state index contributed by atoms with van der Waals surface area (Å²) >= 11 is 4.69. The number of piperazine rings is 1. The van der Waals surface area contributed by atoms with E-state index in [2.05, 4.69) is 85.2 Å². The van der Waals surface area contributed by atoms with Crippen molar-refractivity contribution in [1.82, 2.24) is 40.1 Å². The van der Waals surface area contributed by atoms with Crippen molar-refractivity contribution in [3.05, 3.63) is 139 Å². The van der Waals surface area contributed by atoms with Crippen LogP contribution >= 0.6 is 34.0 Å². The second-order valence-corrected chi connectivity index (χ2v) is 24.7. The molecule has 2 atom stereocenters. The summed E-state index contributed by atoms with van der Waals surface area (Å²) in [6.45, 7) is 13.9. The first-order chi connectivity index (χ1) is 40.5. The van der Waals surface area contributed by atoms with Crippen LogP contribution in [0, 0.1) is 11.6 Å². The van der Waals surface area contributed by atoms with Crippen molar-refractivity contribution in [2.45, 2.75) is 51.3 Å². The van der Waals surface area contributed by atoms with Gasteiger partial charge in [0.05, 0.1) is 22.2 Å². The predicted molar refractivity (Wildman–Crippen MR) is 337 cm³/mol. The Kier molecular flexibility index (Phi) is 17.3. The molecule has 0 unspecified atom stereocenters. The molecule has 84 heavy (non-hydrogen) atoms. The lowest BCUT2D eigenvalue weighted by atomic mass is 10.2. The van der Waals surface area contributed by atoms with E-state index in [0.29, 0.717) is 19.1 Å². The average molecular weight is 1190 g/mol. The van der Waals surface area contributed by atoms with E-state index in [9.17, 15) is 13.6 Å². The van der Waals surface area contributed by atoms with Gasteiger partial charge >= 0.3 is 6.09 Å². The molecule has 9 heterocycles. The Balaban J connectivity index is 0.000000133. The van der Waals surface area contributed by atoms with Gasteiger partial charge in [-0.25, -0.2) is 28.5 Å². The van der Waals surface area contributed by atoms with Gasteiger partial charge in [-0.1, -0.05) is 72.8 Å². The number of benzene rings is 4. The molecule has 3 fully saturated rings. The van der Waals surface area contributed by atoms with Gasteiger partial charge in [0.2, 0.25) is 17.8 Å². The number of hydrogen-bond acceptors (Lipinski definition) is 20. The zero-order valence-corrected chi connectivity index (χ0v) is 49.2. The first-order valence-electron chi connectivity index (χ1n) is 27.7. The highest BCUT2D eigenvalue weighted by Gasteiger charge is 2.30. The number of carbonyl (C=O) groups excluding carboxylic acids is 1. The maximum absolute atomic E-state index is 13.3. The number of amides is 1. The molecule has 0 saturated carbocycles. The summed E-state index contributed by atoms with van der Waals surface area (Å²) in [5.41, 5.74) is 26.4. The summed E-state index contributed by atoms with van der Waals surface area (Å²) < 4.78 is 37.6. The summed E-state index contributed by atoms with van der Waals surface area (Å²) in [6, 6.07) is 39.6. The number of nitrogens with two attached hydrogens (primary N) is 4. The number of carbonyl (C=O) groups is 1. The van der Waals surface area contributed by atoms with Crippen LogP contribution in [0.5, 0.6) is 5.75 Å². The van der Waals surface area contributed by atoms with E-state index in [4.69, 9.17) is 32.4 Å². The van der Waals surface area contributed by atoms with Crippen LogP contribution in [0.3, 0.4) is 0 Å². The monoisotopic (exact) mass is 1190 g/mol. The minimum Gasteiger partial charge on any atom is -0.492 e. The van der Waals surface area contributed by atoms with Crippen molar-refractivity contribution in [3.8, 4) is 37.1 Å². The number of halogens is 2. The minimum atomic E-state index is -0.539. The summed E-state index contributed by atoms with van der Waals surface area (Å²) in [5, 5.41) is 5.87. The fourth-order valence-electron chi connectivity index (χ4n) is 10.3. The van der Waals surface area contributed by atoms with E-state index < -0.39 is 11.7 Å². The number of anilines is 6. The highest BCUT2D eigenvalue weighted by atomic mass is 32.1. The number of para-hydroxylation sites is 1. The molecule has 434 valence electrons. The molecule has 3 aliphatic heterocycles. The number of fused-ring (bicyclic) bond motifs is 3. The van der Waals surface area contributed by atoms with E-state index in [1.807, 2.05) is 69.3 Å². The normalized spacial score (nSPS) is 16.4. The molecule has 0 radical (unpaired) electrons. The van der Waals surface area contributed by atoms with Gasteiger partial charge in [-0.2, -0.15) is 15.0 Å². The first-order valence-corrected chi connectivity index (χ1v) is 30.2. The number of nitrogen functional groups attached to an aromatic ring is 3. The van der Waals surface area contributed by atoms with Gasteiger partial charge in [-0.15, -0.1) is 34.0 Å². The lowest BCUT2D eigenvalue weighted by molar-refractivity contribution is 0.0509. The lowest BCUT2D eigenvalue weighted by Crippen LogP contribution is -2.47. The predicted octanol–water partition coefficient (Wildman–Crippen LogP) is 10.9. The standard InChI is InChI=1S/C24H25N5OS.C21H24FN5O2S.C16H16FN5S/c25-24-26-22(20-17-21(31-23(20)27-24)18-7-3-1-4-8-18)29-13-11-28(12-14-29)15-16-30-19-9-5-2-6-10-19;1-21(2,3)29-20(28)24-14-8-9-27(11-14)17-15-10-16(12-4-6-13(22)7-5-12)30-18(15)26-19(23)25-17;17-10-3-1-9(2-4-10)13-7-12-14(22-6-5-11(18)8-22)20-16(19)21-15(12)23-13/h1-10,17H,11-16H2,(H2,25,26,27);4-7,10,14H,8-9,11H2,1-3H3,(H,24,28)(H2,23,25,26);1-4,7,11H,5-6,8,18H2,(H2,19,20,21)/t;14-;11-/m.11/s1. The molecule has 0 aliphatic carbocycles. The largest absolute Gasteiger partial charge is 0.492 e. The lowest BCUT2D eigenvalue weighted by Gasteiger charge is -2.35. The quantitative estimate of drug-likeness (QED) is 0.0808. The number of thiophene rings is 3. The van der Waals surface area contributed by atoms with Gasteiger partial charge in [-0.3, -0.25) is 4.90 Å². The topological polar surface area (TPSA) is 242 Å². The molecule has 1 amide bonds. The first kappa shape index (κ1) is 57.5. The van der Waals surface area contributed by atoms with Crippen LogP contribution in [0.1, 0.15) is 33.6 Å². The van der Waals surface area contributed by atoms with Crippen LogP contribution < -0.4 is 47.7 Å². The Morgan fingerprint density at radius 3 is 1.48 bits per heavy atom. The molecule has 0 bridgehead atoms. The summed E-state index contributed by atoms with van der Waals surface area (Å²) in [6.07, 6.45) is 1.30. The molecule has 6 aromatic heterocycles. The molecule has 4 aromatic carbocycles. The van der Waals surface area contributed by atoms with Gasteiger partial charge in [-0.05, 0) is 105 Å². The zero-order valence-electron chi connectivity index (χ0n) is 46.8. The molecule has 13 rings (SSSR count). The molecule has 0 spiro atoms. The third-order valence-corrected chi connectivity index (χ3v) is 17.5. The van der Waals surface area contributed by atoms with Crippen LogP contribution in [-0.2, 0) is 4.74 Å². The number of alkyl carbamates (subject to hydrolysis) is 1. The summed E-state index contributed by atoms with van der Waals surface area (Å²) in [7, 11) is 0. The fraction of sp³-hybridized carbons (Fsp3) is 0.295. The van der Waals surface area contributed by atoms with Crippen LogP contribution in [0.15, 0.2) is 127 Å². The molecule has 9 N–H and O–H groups in total. The van der Waals surface area contributed by atoms with Crippen molar-refractivity contribution < 1.29 is 23.0 Å². The molecule has 23 heteroatoms. The van der Waals surface area contributed by atoms with Crippen LogP contribution in [-0.4, -0.2) is 124 Å². The number of aromatic nitrogens is 6. The highest BCUT2D eigenvalue weighted by Crippen LogP contribution is 2.41. The van der Waals surface area contributed by atoms with Crippen molar-refractivity contribution in [2.24, 2.45) is 5.73 Å². The van der Waals surface area contributed by atoms with Crippen molar-refractivity contribution in [2.75, 3.05) is 97.4 Å². The van der Waals surface area contributed by atoms with Gasteiger partial charge < -0.3 is 52.4 Å². The maximum Gasteiger partial charge on any atom is 0.407 e. The summed E-state index contributed by atoms with van der Waals surface area (Å²) in [5.74, 6) is 3.74. The maximum atomic E-state index is 13.3. The van der Waals surface area contributed by atoms with E-state index in [1.165, 1.54) is 57.4 Å². The number of nitrogens with one attached hydrogen (secondary N) is 1. The van der Waals surface area contributed by atoms with Gasteiger partial charge in [0.1, 0.15) is 61.5 Å². The van der Waals surface area contributed by atoms with E-state index in [0.717, 1.165) is 140 Å². The van der Waals surface area contributed by atoms with Crippen molar-refractivity contribution in [3.63, 3.8) is 0 Å². The number of hydrogen-bond donors (Lipinski definition) is 5. The minimum absolute atomic E-state index is 0.0405. The SMILES string of the molecule is CC(C)(C)OC(=O)N[C@@H]1CCN(c2nc(N)nc3sc(-c4ccc(F)cc4)cc23)C1.Nc1nc(N2CCN(CCOc3ccccc3)CC2)c2cc(-c3ccccc3)sc2n1.Nc1nc(N2CC[C@@H](N)C2)c2cc(-c3ccc(F)cc3)sc2n1. The van der Waals surface area contributed by atoms with Gasteiger partial charge in [0.15, 0.2) is 0 Å². The van der Waals surface area contributed by atoms with E-state index in [-0.39, 0.29) is 35.6 Å². The highest BCUT2D eigenvalue weighted by molar-refractivity contribution is 7.22. The Bertz CT molecular complexity index is 3880. The Morgan fingerprint density at radius 2 is 1.01 bits per heavy atom. The third kappa shape index (κ3) is 14.0. The molecule has 18 nitrogen and oxygen atoms in total. The fourth-order valence-corrected chi connectivity index (χ4v) is 13.4. The Labute approximate surface area is 497 Å².